The highest BCUT2D eigenvalue weighted by molar-refractivity contribution is 5.97. The van der Waals surface area contributed by atoms with Crippen LogP contribution in [0.15, 0.2) is 24.4 Å². The molecule has 0 bridgehead atoms. The molecular weight excluding hydrogens is 290 g/mol. The van der Waals surface area contributed by atoms with Gasteiger partial charge in [-0.15, -0.1) is 0 Å². The topological polar surface area (TPSA) is 67.2 Å². The van der Waals surface area contributed by atoms with Crippen molar-refractivity contribution in [1.82, 2.24) is 9.78 Å². The number of carbonyl (C=O) groups excluding carboxylic acids is 1. The van der Waals surface area contributed by atoms with E-state index in [0.29, 0.717) is 18.5 Å². The summed E-state index contributed by atoms with van der Waals surface area (Å²) in [6.07, 6.45) is 4.49. The molecule has 122 valence electrons. The zero-order valence-electron chi connectivity index (χ0n) is 13.9. The van der Waals surface area contributed by atoms with Gasteiger partial charge in [-0.1, -0.05) is 12.1 Å². The molecule has 1 aromatic carbocycles. The lowest BCUT2D eigenvalue weighted by molar-refractivity contribution is -0.133. The Kier molecular flexibility index (Phi) is 3.98. The maximum atomic E-state index is 12.4. The first-order chi connectivity index (χ1) is 10.9. The summed E-state index contributed by atoms with van der Waals surface area (Å²) in [4.78, 5) is 12.4. The van der Waals surface area contributed by atoms with E-state index in [1.165, 1.54) is 0 Å². The molecule has 0 radical (unpaired) electrons. The van der Waals surface area contributed by atoms with Crippen molar-refractivity contribution in [1.29, 1.82) is 0 Å². The number of aryl methyl sites for hydroxylation is 2. The van der Waals surface area contributed by atoms with Crippen LogP contribution in [0, 0.1) is 20.8 Å². The van der Waals surface area contributed by atoms with Gasteiger partial charge in [-0.3, -0.25) is 4.79 Å². The Morgan fingerprint density at radius 1 is 1.26 bits per heavy atom. The monoisotopic (exact) mass is 313 g/mol. The second kappa shape index (κ2) is 5.81. The second-order valence-electron chi connectivity index (χ2n) is 6.54. The lowest BCUT2D eigenvalue weighted by Gasteiger charge is -2.20. The number of carbonyl (C=O) groups is 1. The third kappa shape index (κ3) is 2.88. The van der Waals surface area contributed by atoms with Crippen LogP contribution < -0.4 is 5.32 Å². The maximum absolute atomic E-state index is 12.4. The molecule has 1 amide bonds. The number of anilines is 1. The van der Waals surface area contributed by atoms with Crippen molar-refractivity contribution in [2.45, 2.75) is 52.1 Å². The van der Waals surface area contributed by atoms with Gasteiger partial charge < -0.3 is 10.4 Å². The molecule has 1 fully saturated rings. The number of benzene rings is 1. The molecular formula is C18H23N3O2. The molecule has 0 spiro atoms. The molecule has 1 aromatic heterocycles. The number of nitrogens with one attached hydrogen (secondary N) is 1. The SMILES string of the molecule is Cc1ccc(C)c(-n2ncc(NC(=O)C3(O)CCCC3)c2C)c1. The van der Waals surface area contributed by atoms with Crippen molar-refractivity contribution in [3.8, 4) is 5.69 Å². The minimum Gasteiger partial charge on any atom is -0.380 e. The molecule has 1 aliphatic rings. The third-order valence-electron chi connectivity index (χ3n) is 4.70. The number of hydrogen-bond acceptors (Lipinski definition) is 3. The number of rotatable bonds is 3. The molecule has 1 aliphatic carbocycles. The molecule has 3 rings (SSSR count). The van der Waals surface area contributed by atoms with Crippen LogP contribution in [0.25, 0.3) is 5.69 Å². The molecule has 0 unspecified atom stereocenters. The number of amides is 1. The third-order valence-corrected chi connectivity index (χ3v) is 4.70. The van der Waals surface area contributed by atoms with Gasteiger partial charge in [0.15, 0.2) is 0 Å². The van der Waals surface area contributed by atoms with E-state index < -0.39 is 5.60 Å². The van der Waals surface area contributed by atoms with Gasteiger partial charge in [-0.2, -0.15) is 5.10 Å². The van der Waals surface area contributed by atoms with Gasteiger partial charge >= 0.3 is 0 Å². The van der Waals surface area contributed by atoms with E-state index in [0.717, 1.165) is 35.3 Å². The summed E-state index contributed by atoms with van der Waals surface area (Å²) in [7, 11) is 0. The summed E-state index contributed by atoms with van der Waals surface area (Å²) >= 11 is 0. The summed E-state index contributed by atoms with van der Waals surface area (Å²) in [5, 5.41) is 17.6. The van der Waals surface area contributed by atoms with Gasteiger partial charge in [-0.25, -0.2) is 4.68 Å². The van der Waals surface area contributed by atoms with Crippen molar-refractivity contribution in [2.24, 2.45) is 0 Å². The van der Waals surface area contributed by atoms with Crippen molar-refractivity contribution in [3.63, 3.8) is 0 Å². The minimum atomic E-state index is -1.23. The van der Waals surface area contributed by atoms with Crippen molar-refractivity contribution in [3.05, 3.63) is 41.2 Å². The molecule has 5 heteroatoms. The average molecular weight is 313 g/mol. The van der Waals surface area contributed by atoms with Gasteiger partial charge in [0.25, 0.3) is 5.91 Å². The highest BCUT2D eigenvalue weighted by atomic mass is 16.3. The lowest BCUT2D eigenvalue weighted by Crippen LogP contribution is -2.40. The Balaban J connectivity index is 1.88. The molecule has 2 N–H and O–H groups in total. The van der Waals surface area contributed by atoms with Crippen molar-refractivity contribution < 1.29 is 9.90 Å². The lowest BCUT2D eigenvalue weighted by atomic mass is 10.0. The highest BCUT2D eigenvalue weighted by Crippen LogP contribution is 2.31. The Labute approximate surface area is 136 Å². The van der Waals surface area contributed by atoms with E-state index in [-0.39, 0.29) is 5.91 Å². The summed E-state index contributed by atoms with van der Waals surface area (Å²) in [5.74, 6) is -0.321. The van der Waals surface area contributed by atoms with Crippen LogP contribution in [-0.4, -0.2) is 26.4 Å². The van der Waals surface area contributed by atoms with Gasteiger partial charge in [-0.05, 0) is 63.6 Å². The van der Waals surface area contributed by atoms with Gasteiger partial charge in [0.05, 0.1) is 23.3 Å². The van der Waals surface area contributed by atoms with E-state index in [1.54, 1.807) is 6.20 Å². The molecule has 0 saturated heterocycles. The zero-order valence-corrected chi connectivity index (χ0v) is 13.9. The molecule has 23 heavy (non-hydrogen) atoms. The van der Waals surface area contributed by atoms with Crippen molar-refractivity contribution >= 4 is 11.6 Å². The summed E-state index contributed by atoms with van der Waals surface area (Å²) in [5.41, 5.74) is 3.56. The van der Waals surface area contributed by atoms with Crippen LogP contribution in [0.5, 0.6) is 0 Å². The van der Waals surface area contributed by atoms with E-state index in [1.807, 2.05) is 25.5 Å². The summed E-state index contributed by atoms with van der Waals surface area (Å²) in [6.45, 7) is 6.00. The van der Waals surface area contributed by atoms with Gasteiger partial charge in [0.2, 0.25) is 0 Å². The first kappa shape index (κ1) is 15.7. The number of aromatic nitrogens is 2. The molecule has 0 aliphatic heterocycles. The first-order valence-corrected chi connectivity index (χ1v) is 8.07. The van der Waals surface area contributed by atoms with E-state index >= 15 is 0 Å². The Morgan fingerprint density at radius 2 is 1.96 bits per heavy atom. The van der Waals surface area contributed by atoms with Crippen molar-refractivity contribution in [2.75, 3.05) is 5.32 Å². The van der Waals surface area contributed by atoms with E-state index in [2.05, 4.69) is 28.6 Å². The summed E-state index contributed by atoms with van der Waals surface area (Å²) in [6, 6.07) is 6.20. The van der Waals surface area contributed by atoms with Crippen LogP contribution in [0.3, 0.4) is 0 Å². The molecule has 0 atom stereocenters. The average Bonchev–Trinajstić information content (AvgIpc) is 3.10. The fourth-order valence-corrected chi connectivity index (χ4v) is 3.15. The van der Waals surface area contributed by atoms with Crippen LogP contribution in [0.1, 0.15) is 42.5 Å². The molecule has 1 heterocycles. The quantitative estimate of drug-likeness (QED) is 0.915. The number of aliphatic hydroxyl groups is 1. The maximum Gasteiger partial charge on any atom is 0.256 e. The Hall–Kier alpha value is -2.14. The number of hydrogen-bond donors (Lipinski definition) is 2. The van der Waals surface area contributed by atoms with Crippen LogP contribution in [0.4, 0.5) is 5.69 Å². The Bertz CT molecular complexity index is 743. The predicted octanol–water partition coefficient (Wildman–Crippen LogP) is 3.04. The first-order valence-electron chi connectivity index (χ1n) is 8.07. The van der Waals surface area contributed by atoms with Crippen LogP contribution in [0.2, 0.25) is 0 Å². The highest BCUT2D eigenvalue weighted by Gasteiger charge is 2.39. The standard InChI is InChI=1S/C18H23N3O2/c1-12-6-7-13(2)16(10-12)21-14(3)15(11-19-21)20-17(22)18(23)8-4-5-9-18/h6-7,10-11,23H,4-5,8-9H2,1-3H3,(H,20,22). The number of nitrogens with zero attached hydrogens (tertiary/aromatic N) is 2. The predicted molar refractivity (Wildman–Crippen MR) is 89.8 cm³/mol. The Morgan fingerprint density at radius 3 is 2.65 bits per heavy atom. The fraction of sp³-hybridized carbons (Fsp3) is 0.444. The van der Waals surface area contributed by atoms with Crippen LogP contribution >= 0.6 is 0 Å². The van der Waals surface area contributed by atoms with E-state index in [9.17, 15) is 9.90 Å². The summed E-state index contributed by atoms with van der Waals surface area (Å²) < 4.78 is 1.83. The normalized spacial score (nSPS) is 16.5. The smallest absolute Gasteiger partial charge is 0.256 e. The molecule has 1 saturated carbocycles. The van der Waals surface area contributed by atoms with Gasteiger partial charge in [0, 0.05) is 0 Å². The molecule has 5 nitrogen and oxygen atoms in total. The fourth-order valence-electron chi connectivity index (χ4n) is 3.15. The second-order valence-corrected chi connectivity index (χ2v) is 6.54. The largest absolute Gasteiger partial charge is 0.380 e. The van der Waals surface area contributed by atoms with Gasteiger partial charge in [0.1, 0.15) is 5.60 Å². The van der Waals surface area contributed by atoms with E-state index in [4.69, 9.17) is 0 Å². The molecule has 2 aromatic rings. The zero-order chi connectivity index (χ0) is 16.6. The minimum absolute atomic E-state index is 0.321. The van der Waals surface area contributed by atoms with Crippen LogP contribution in [-0.2, 0) is 4.79 Å².